The van der Waals surface area contributed by atoms with Crippen molar-refractivity contribution in [1.29, 1.82) is 0 Å². The summed E-state index contributed by atoms with van der Waals surface area (Å²) < 4.78 is 0. The van der Waals surface area contributed by atoms with E-state index in [0.29, 0.717) is 0 Å². The standard InChI is InChI=1S/C13H21N/c1-12-4-6-13(7-5-12)8-11-14-9-2-3-10-14/h4,8H,2-3,5-7,9-11H2,1H3. The molecule has 0 unspecified atom stereocenters. The Morgan fingerprint density at radius 3 is 2.71 bits per heavy atom. The first kappa shape index (κ1) is 9.97. The summed E-state index contributed by atoms with van der Waals surface area (Å²) in [6.45, 7) is 6.08. The van der Waals surface area contributed by atoms with Gasteiger partial charge in [0.2, 0.25) is 0 Å². The van der Waals surface area contributed by atoms with E-state index < -0.39 is 0 Å². The highest BCUT2D eigenvalue weighted by molar-refractivity contribution is 5.18. The summed E-state index contributed by atoms with van der Waals surface area (Å²) in [6.07, 6.45) is 11.5. The molecule has 1 saturated heterocycles. The van der Waals surface area contributed by atoms with Crippen LogP contribution in [0.25, 0.3) is 0 Å². The monoisotopic (exact) mass is 191 g/mol. The molecule has 0 aromatic heterocycles. The molecule has 1 heterocycles. The highest BCUT2D eigenvalue weighted by atomic mass is 15.1. The van der Waals surface area contributed by atoms with Crippen LogP contribution in [0.1, 0.15) is 39.0 Å². The molecule has 0 bridgehead atoms. The summed E-state index contributed by atoms with van der Waals surface area (Å²) in [6, 6.07) is 0. The van der Waals surface area contributed by atoms with Gasteiger partial charge in [-0.3, -0.25) is 4.90 Å². The van der Waals surface area contributed by atoms with Crippen LogP contribution in [0.3, 0.4) is 0 Å². The van der Waals surface area contributed by atoms with Gasteiger partial charge in [-0.25, -0.2) is 0 Å². The van der Waals surface area contributed by atoms with Gasteiger partial charge in [0.1, 0.15) is 0 Å². The second kappa shape index (κ2) is 4.79. The van der Waals surface area contributed by atoms with Gasteiger partial charge in [0, 0.05) is 6.54 Å². The van der Waals surface area contributed by atoms with Gasteiger partial charge < -0.3 is 0 Å². The Labute approximate surface area is 87.5 Å². The zero-order valence-corrected chi connectivity index (χ0v) is 9.26. The first-order valence-electron chi connectivity index (χ1n) is 5.90. The maximum atomic E-state index is 2.57. The molecule has 0 saturated carbocycles. The van der Waals surface area contributed by atoms with E-state index in [1.807, 2.05) is 0 Å². The molecule has 0 spiro atoms. The lowest BCUT2D eigenvalue weighted by atomic mass is 9.95. The van der Waals surface area contributed by atoms with E-state index in [2.05, 4.69) is 24.0 Å². The van der Waals surface area contributed by atoms with Crippen LogP contribution in [0.15, 0.2) is 23.3 Å². The second-order valence-corrected chi connectivity index (χ2v) is 4.62. The van der Waals surface area contributed by atoms with Crippen LogP contribution >= 0.6 is 0 Å². The molecule has 2 aliphatic rings. The fraction of sp³-hybridized carbons (Fsp3) is 0.692. The molecule has 0 atom stereocenters. The average Bonchev–Trinajstić information content (AvgIpc) is 2.70. The highest BCUT2D eigenvalue weighted by Crippen LogP contribution is 2.22. The first-order valence-corrected chi connectivity index (χ1v) is 5.90. The zero-order chi connectivity index (χ0) is 9.80. The topological polar surface area (TPSA) is 3.24 Å². The van der Waals surface area contributed by atoms with Gasteiger partial charge in [0.25, 0.3) is 0 Å². The molecular formula is C13H21N. The van der Waals surface area contributed by atoms with Crippen LogP contribution in [-0.2, 0) is 0 Å². The van der Waals surface area contributed by atoms with Crippen LogP contribution in [-0.4, -0.2) is 24.5 Å². The third kappa shape index (κ3) is 2.71. The van der Waals surface area contributed by atoms with E-state index in [1.165, 1.54) is 51.7 Å². The van der Waals surface area contributed by atoms with Gasteiger partial charge in [-0.1, -0.05) is 23.3 Å². The molecular weight excluding hydrogens is 170 g/mol. The van der Waals surface area contributed by atoms with Crippen molar-refractivity contribution >= 4 is 0 Å². The van der Waals surface area contributed by atoms with E-state index in [-0.39, 0.29) is 0 Å². The molecule has 1 aliphatic carbocycles. The Balaban J connectivity index is 1.80. The van der Waals surface area contributed by atoms with Gasteiger partial charge in [0.05, 0.1) is 0 Å². The number of hydrogen-bond donors (Lipinski definition) is 0. The Kier molecular flexibility index (Phi) is 3.41. The van der Waals surface area contributed by atoms with Crippen LogP contribution in [0, 0.1) is 0 Å². The maximum absolute atomic E-state index is 2.57. The second-order valence-electron chi connectivity index (χ2n) is 4.62. The van der Waals surface area contributed by atoms with Crippen LogP contribution < -0.4 is 0 Å². The molecule has 2 rings (SSSR count). The summed E-state index contributed by atoms with van der Waals surface area (Å²) in [7, 11) is 0. The number of nitrogens with zero attached hydrogens (tertiary/aromatic N) is 1. The largest absolute Gasteiger partial charge is 0.300 e. The number of likely N-dealkylation sites (tertiary alicyclic amines) is 1. The Bertz CT molecular complexity index is 244. The fourth-order valence-corrected chi connectivity index (χ4v) is 2.28. The lowest BCUT2D eigenvalue weighted by Crippen LogP contribution is -2.19. The van der Waals surface area contributed by atoms with Gasteiger partial charge in [-0.05, 0) is 52.1 Å². The van der Waals surface area contributed by atoms with Crippen LogP contribution in [0.4, 0.5) is 0 Å². The van der Waals surface area contributed by atoms with Gasteiger partial charge in [-0.15, -0.1) is 0 Å². The highest BCUT2D eigenvalue weighted by Gasteiger charge is 2.10. The quantitative estimate of drug-likeness (QED) is 0.606. The molecule has 1 fully saturated rings. The van der Waals surface area contributed by atoms with E-state index in [9.17, 15) is 0 Å². The summed E-state index contributed by atoms with van der Waals surface area (Å²) in [5, 5.41) is 0. The predicted molar refractivity (Wildman–Crippen MR) is 61.4 cm³/mol. The molecule has 0 aromatic carbocycles. The minimum absolute atomic E-state index is 1.20. The molecule has 0 N–H and O–H groups in total. The van der Waals surface area contributed by atoms with Gasteiger partial charge in [-0.2, -0.15) is 0 Å². The maximum Gasteiger partial charge on any atom is 0.0165 e. The zero-order valence-electron chi connectivity index (χ0n) is 9.26. The molecule has 1 nitrogen and oxygen atoms in total. The molecule has 0 amide bonds. The van der Waals surface area contributed by atoms with E-state index >= 15 is 0 Å². The van der Waals surface area contributed by atoms with Crippen molar-refractivity contribution in [3.63, 3.8) is 0 Å². The van der Waals surface area contributed by atoms with Crippen molar-refractivity contribution in [3.8, 4) is 0 Å². The van der Waals surface area contributed by atoms with E-state index in [0.717, 1.165) is 0 Å². The van der Waals surface area contributed by atoms with Gasteiger partial charge in [0.15, 0.2) is 0 Å². The van der Waals surface area contributed by atoms with E-state index in [1.54, 1.807) is 11.1 Å². The molecule has 1 aliphatic heterocycles. The number of rotatable bonds is 2. The van der Waals surface area contributed by atoms with Crippen LogP contribution in [0.5, 0.6) is 0 Å². The van der Waals surface area contributed by atoms with Crippen molar-refractivity contribution in [2.45, 2.75) is 39.0 Å². The molecule has 0 radical (unpaired) electrons. The number of allylic oxidation sites excluding steroid dienone is 3. The lowest BCUT2D eigenvalue weighted by molar-refractivity contribution is 0.376. The third-order valence-corrected chi connectivity index (χ3v) is 3.39. The first-order chi connectivity index (χ1) is 6.84. The molecule has 1 heteroatoms. The lowest BCUT2D eigenvalue weighted by Gasteiger charge is -2.15. The van der Waals surface area contributed by atoms with Crippen molar-refractivity contribution in [1.82, 2.24) is 4.90 Å². The molecule has 14 heavy (non-hydrogen) atoms. The van der Waals surface area contributed by atoms with Crippen molar-refractivity contribution in [3.05, 3.63) is 23.3 Å². The minimum atomic E-state index is 1.20. The average molecular weight is 191 g/mol. The normalized spacial score (nSPS) is 26.9. The summed E-state index contributed by atoms with van der Waals surface area (Å²) in [4.78, 5) is 2.57. The van der Waals surface area contributed by atoms with Crippen LogP contribution in [0.2, 0.25) is 0 Å². The smallest absolute Gasteiger partial charge is 0.0165 e. The number of hydrogen-bond acceptors (Lipinski definition) is 1. The van der Waals surface area contributed by atoms with Crippen molar-refractivity contribution in [2.75, 3.05) is 19.6 Å². The SMILES string of the molecule is CC1=CCC(=CCN2CCCC2)CC1. The molecule has 0 aromatic rings. The van der Waals surface area contributed by atoms with Crippen molar-refractivity contribution < 1.29 is 0 Å². The van der Waals surface area contributed by atoms with Gasteiger partial charge >= 0.3 is 0 Å². The predicted octanol–water partition coefficient (Wildman–Crippen LogP) is 3.14. The Morgan fingerprint density at radius 2 is 2.07 bits per heavy atom. The summed E-state index contributed by atoms with van der Waals surface area (Å²) in [5.74, 6) is 0. The van der Waals surface area contributed by atoms with E-state index in [4.69, 9.17) is 0 Å². The minimum Gasteiger partial charge on any atom is -0.300 e. The fourth-order valence-electron chi connectivity index (χ4n) is 2.28. The Morgan fingerprint density at radius 1 is 1.29 bits per heavy atom. The van der Waals surface area contributed by atoms with Crippen molar-refractivity contribution in [2.24, 2.45) is 0 Å². The summed E-state index contributed by atoms with van der Waals surface area (Å²) in [5.41, 5.74) is 3.23. The Hall–Kier alpha value is -0.560. The molecule has 78 valence electrons. The third-order valence-electron chi connectivity index (χ3n) is 3.39. The summed E-state index contributed by atoms with van der Waals surface area (Å²) >= 11 is 0.